The third-order valence-electron chi connectivity index (χ3n) is 4.15. The van der Waals surface area contributed by atoms with E-state index in [1.54, 1.807) is 0 Å². The highest BCUT2D eigenvalue weighted by Crippen LogP contribution is 2.75. The van der Waals surface area contributed by atoms with Gasteiger partial charge in [-0.15, -0.1) is 0 Å². The minimum atomic E-state index is -0.819. The van der Waals surface area contributed by atoms with Crippen LogP contribution in [0.3, 0.4) is 0 Å². The molecule has 2 fully saturated rings. The van der Waals surface area contributed by atoms with Crippen LogP contribution >= 0.6 is 0 Å². The van der Waals surface area contributed by atoms with Gasteiger partial charge in [-0.2, -0.15) is 0 Å². The van der Waals surface area contributed by atoms with Crippen LogP contribution in [0.5, 0.6) is 0 Å². The number of ketones is 1. The van der Waals surface area contributed by atoms with Gasteiger partial charge in [0.25, 0.3) is 0 Å². The van der Waals surface area contributed by atoms with Crippen LogP contribution in [0.25, 0.3) is 0 Å². The van der Waals surface area contributed by atoms with Crippen molar-refractivity contribution in [2.24, 2.45) is 16.7 Å². The molecule has 90 valence electrons. The lowest BCUT2D eigenvalue weighted by Crippen LogP contribution is -2.36. The molecule has 0 N–H and O–H groups in total. The van der Waals surface area contributed by atoms with Crippen LogP contribution in [-0.4, -0.2) is 17.4 Å². The normalized spacial score (nSPS) is 35.8. The molecule has 0 heterocycles. The first-order chi connectivity index (χ1) is 7.14. The molecule has 0 radical (unpaired) electrons. The lowest BCUT2D eigenvalue weighted by Gasteiger charge is -2.24. The maximum atomic E-state index is 12.2. The number of Topliss-reactive ketones (excluding diaryl/α,β-unsaturated/α-hetero) is 1. The standard InChI is InChI=1S/C13H20O3/c1-11(2,3)16-10(15)13-8(12(13,4)5)6-7-9(13)14/h8H,6-7H2,1-5H3/t8-,13+/m1/s1. The molecular weight excluding hydrogens is 204 g/mol. The number of hydrogen-bond donors (Lipinski definition) is 0. The maximum Gasteiger partial charge on any atom is 0.321 e. The molecule has 0 unspecified atom stereocenters. The lowest BCUT2D eigenvalue weighted by molar-refractivity contribution is -0.165. The van der Waals surface area contributed by atoms with Gasteiger partial charge in [0.2, 0.25) is 0 Å². The Hall–Kier alpha value is -0.860. The second-order valence-electron chi connectivity index (χ2n) is 6.55. The highest BCUT2D eigenvalue weighted by Gasteiger charge is 2.82. The summed E-state index contributed by atoms with van der Waals surface area (Å²) in [6.07, 6.45) is 1.37. The monoisotopic (exact) mass is 224 g/mol. The van der Waals surface area contributed by atoms with Gasteiger partial charge < -0.3 is 4.74 Å². The van der Waals surface area contributed by atoms with E-state index in [2.05, 4.69) is 0 Å². The molecule has 2 saturated carbocycles. The van der Waals surface area contributed by atoms with E-state index in [-0.39, 0.29) is 23.1 Å². The molecule has 0 aromatic rings. The van der Waals surface area contributed by atoms with Crippen LogP contribution in [-0.2, 0) is 14.3 Å². The van der Waals surface area contributed by atoms with E-state index in [1.807, 2.05) is 34.6 Å². The number of rotatable bonds is 1. The van der Waals surface area contributed by atoms with E-state index >= 15 is 0 Å². The Morgan fingerprint density at radius 1 is 1.38 bits per heavy atom. The molecule has 0 spiro atoms. The molecule has 0 aromatic carbocycles. The Kier molecular flexibility index (Phi) is 2.09. The van der Waals surface area contributed by atoms with Gasteiger partial charge in [-0.3, -0.25) is 9.59 Å². The van der Waals surface area contributed by atoms with Crippen LogP contribution in [0.2, 0.25) is 0 Å². The van der Waals surface area contributed by atoms with E-state index in [0.29, 0.717) is 6.42 Å². The number of esters is 1. The summed E-state index contributed by atoms with van der Waals surface area (Å²) in [5.41, 5.74) is -1.54. The highest BCUT2D eigenvalue weighted by molar-refractivity contribution is 6.11. The zero-order chi connectivity index (χ0) is 12.4. The first-order valence-electron chi connectivity index (χ1n) is 5.91. The third kappa shape index (κ3) is 1.20. The van der Waals surface area contributed by atoms with Gasteiger partial charge in [0.15, 0.2) is 5.78 Å². The first kappa shape index (κ1) is 11.6. The minimum Gasteiger partial charge on any atom is -0.459 e. The number of carbonyl (C=O) groups excluding carboxylic acids is 2. The molecule has 0 bridgehead atoms. The highest BCUT2D eigenvalue weighted by atomic mass is 16.6. The van der Waals surface area contributed by atoms with Gasteiger partial charge in [-0.25, -0.2) is 0 Å². The Bertz CT molecular complexity index is 362. The zero-order valence-corrected chi connectivity index (χ0v) is 10.7. The molecule has 2 aliphatic rings. The molecule has 2 atom stereocenters. The van der Waals surface area contributed by atoms with Crippen molar-refractivity contribution in [2.75, 3.05) is 0 Å². The molecule has 16 heavy (non-hydrogen) atoms. The van der Waals surface area contributed by atoms with Crippen LogP contribution in [0, 0.1) is 16.7 Å². The summed E-state index contributed by atoms with van der Waals surface area (Å²) >= 11 is 0. The van der Waals surface area contributed by atoms with Gasteiger partial charge in [0.05, 0.1) is 0 Å². The maximum absolute atomic E-state index is 12.2. The Morgan fingerprint density at radius 3 is 2.31 bits per heavy atom. The summed E-state index contributed by atoms with van der Waals surface area (Å²) in [6.45, 7) is 9.51. The summed E-state index contributed by atoms with van der Waals surface area (Å²) in [7, 11) is 0. The fourth-order valence-electron chi connectivity index (χ4n) is 3.35. The van der Waals surface area contributed by atoms with E-state index in [1.165, 1.54) is 0 Å². The number of carbonyl (C=O) groups is 2. The molecule has 2 aliphatic carbocycles. The fourth-order valence-corrected chi connectivity index (χ4v) is 3.35. The Morgan fingerprint density at radius 2 is 1.94 bits per heavy atom. The number of fused-ring (bicyclic) bond motifs is 1. The van der Waals surface area contributed by atoms with Gasteiger partial charge in [-0.1, -0.05) is 13.8 Å². The van der Waals surface area contributed by atoms with Crippen molar-refractivity contribution < 1.29 is 14.3 Å². The third-order valence-corrected chi connectivity index (χ3v) is 4.15. The summed E-state index contributed by atoms with van der Waals surface area (Å²) in [6, 6.07) is 0. The Balaban J connectivity index is 2.27. The van der Waals surface area contributed by atoms with Gasteiger partial charge >= 0.3 is 5.97 Å². The molecule has 0 aromatic heterocycles. The van der Waals surface area contributed by atoms with E-state index in [4.69, 9.17) is 4.74 Å². The molecule has 2 rings (SSSR count). The van der Waals surface area contributed by atoms with Crippen molar-refractivity contribution in [1.82, 2.24) is 0 Å². The van der Waals surface area contributed by atoms with Crippen molar-refractivity contribution in [2.45, 2.75) is 53.1 Å². The first-order valence-corrected chi connectivity index (χ1v) is 5.91. The number of hydrogen-bond acceptors (Lipinski definition) is 3. The minimum absolute atomic E-state index is 0.0803. The molecule has 0 amide bonds. The number of ether oxygens (including phenoxy) is 1. The van der Waals surface area contributed by atoms with Crippen molar-refractivity contribution >= 4 is 11.8 Å². The van der Waals surface area contributed by atoms with Gasteiger partial charge in [-0.05, 0) is 38.5 Å². The summed E-state index contributed by atoms with van der Waals surface area (Å²) < 4.78 is 5.41. The zero-order valence-electron chi connectivity index (χ0n) is 10.7. The van der Waals surface area contributed by atoms with Crippen LogP contribution in [0.15, 0.2) is 0 Å². The van der Waals surface area contributed by atoms with E-state index < -0.39 is 11.0 Å². The topological polar surface area (TPSA) is 43.4 Å². The fraction of sp³-hybridized carbons (Fsp3) is 0.846. The summed E-state index contributed by atoms with van der Waals surface area (Å²) in [5.74, 6) is -0.0309. The second kappa shape index (κ2) is 2.88. The average Bonchev–Trinajstić information content (AvgIpc) is 2.41. The van der Waals surface area contributed by atoms with E-state index in [9.17, 15) is 9.59 Å². The molecule has 3 nitrogen and oxygen atoms in total. The quantitative estimate of drug-likeness (QED) is 0.507. The van der Waals surface area contributed by atoms with Crippen LogP contribution in [0.4, 0.5) is 0 Å². The van der Waals surface area contributed by atoms with Gasteiger partial charge in [0, 0.05) is 6.42 Å². The van der Waals surface area contributed by atoms with Crippen LogP contribution < -0.4 is 0 Å². The summed E-state index contributed by atoms with van der Waals surface area (Å²) in [4.78, 5) is 24.2. The lowest BCUT2D eigenvalue weighted by atomic mass is 9.90. The largest absolute Gasteiger partial charge is 0.459 e. The molecule has 3 heteroatoms. The molecule has 0 aliphatic heterocycles. The second-order valence-corrected chi connectivity index (χ2v) is 6.55. The predicted octanol–water partition coefficient (Wildman–Crippen LogP) is 2.33. The smallest absolute Gasteiger partial charge is 0.321 e. The predicted molar refractivity (Wildman–Crippen MR) is 59.8 cm³/mol. The average molecular weight is 224 g/mol. The molecular formula is C13H20O3. The van der Waals surface area contributed by atoms with Crippen molar-refractivity contribution in [3.8, 4) is 0 Å². The SMILES string of the molecule is CC(C)(C)OC(=O)[C@@]12C(=O)CC[C@@H]1C2(C)C. The van der Waals surface area contributed by atoms with Crippen LogP contribution in [0.1, 0.15) is 47.5 Å². The van der Waals surface area contributed by atoms with Crippen molar-refractivity contribution in [3.63, 3.8) is 0 Å². The van der Waals surface area contributed by atoms with Crippen molar-refractivity contribution in [1.29, 1.82) is 0 Å². The molecule has 0 saturated heterocycles. The Labute approximate surface area is 96.5 Å². The van der Waals surface area contributed by atoms with Gasteiger partial charge in [0.1, 0.15) is 11.0 Å². The van der Waals surface area contributed by atoms with E-state index in [0.717, 1.165) is 6.42 Å². The van der Waals surface area contributed by atoms with Crippen molar-refractivity contribution in [3.05, 3.63) is 0 Å². The summed E-state index contributed by atoms with van der Waals surface area (Å²) in [5, 5.41) is 0.